The predicted octanol–water partition coefficient (Wildman–Crippen LogP) is 2.07. The number of anilines is 1. The van der Waals surface area contributed by atoms with Gasteiger partial charge in [-0.2, -0.15) is 0 Å². The Morgan fingerprint density at radius 2 is 2.00 bits per heavy atom. The maximum atomic E-state index is 12.3. The number of nitrogens with zero attached hydrogens (tertiary/aromatic N) is 1. The van der Waals surface area contributed by atoms with E-state index in [1.54, 1.807) is 7.11 Å². The molecule has 1 aromatic rings. The van der Waals surface area contributed by atoms with Crippen molar-refractivity contribution in [1.82, 2.24) is 4.90 Å². The number of ether oxygens (including phenoxy) is 1. The van der Waals surface area contributed by atoms with Crippen molar-refractivity contribution >= 4 is 11.6 Å². The van der Waals surface area contributed by atoms with Crippen LogP contribution in [0, 0.1) is 5.41 Å². The lowest BCUT2D eigenvalue weighted by molar-refractivity contribution is -0.119. The van der Waals surface area contributed by atoms with Crippen LogP contribution in [0.25, 0.3) is 0 Å². The molecule has 0 spiro atoms. The van der Waals surface area contributed by atoms with Crippen LogP contribution in [0.15, 0.2) is 18.2 Å². The Hall–Kier alpha value is -1.59. The number of nitrogens with one attached hydrogen (secondary N) is 1. The van der Waals surface area contributed by atoms with E-state index in [4.69, 9.17) is 10.5 Å². The molecule has 21 heavy (non-hydrogen) atoms. The lowest BCUT2D eigenvalue weighted by atomic mass is 9.87. The molecule has 1 atom stereocenters. The highest BCUT2D eigenvalue weighted by Crippen LogP contribution is 2.27. The number of rotatable bonds is 5. The third-order valence-corrected chi connectivity index (χ3v) is 3.24. The lowest BCUT2D eigenvalue weighted by Crippen LogP contribution is -2.45. The second kappa shape index (κ2) is 6.91. The molecule has 3 N–H and O–H groups in total. The van der Waals surface area contributed by atoms with Crippen LogP contribution < -0.4 is 15.8 Å². The third-order valence-electron chi connectivity index (χ3n) is 3.24. The van der Waals surface area contributed by atoms with E-state index in [1.807, 2.05) is 53.1 Å². The molecule has 1 rings (SSSR count). The summed E-state index contributed by atoms with van der Waals surface area (Å²) >= 11 is 0. The number of nitrogens with two attached hydrogens (primary N) is 1. The average Bonchev–Trinajstić information content (AvgIpc) is 2.36. The van der Waals surface area contributed by atoms with Gasteiger partial charge in [0.05, 0.1) is 18.8 Å². The zero-order chi connectivity index (χ0) is 16.2. The summed E-state index contributed by atoms with van der Waals surface area (Å²) in [6, 6.07) is 5.18. The summed E-state index contributed by atoms with van der Waals surface area (Å²) in [5.74, 6) is 0.426. The van der Waals surface area contributed by atoms with Gasteiger partial charge in [-0.15, -0.1) is 0 Å². The first kappa shape index (κ1) is 17.5. The van der Waals surface area contributed by atoms with Crippen molar-refractivity contribution in [3.63, 3.8) is 0 Å². The molecule has 0 bridgehead atoms. The second-order valence-electron chi connectivity index (χ2n) is 6.61. The normalized spacial score (nSPS) is 13.1. The molecular weight excluding hydrogens is 266 g/mol. The van der Waals surface area contributed by atoms with Gasteiger partial charge in [0, 0.05) is 6.54 Å². The fourth-order valence-electron chi connectivity index (χ4n) is 1.92. The quantitative estimate of drug-likeness (QED) is 0.872. The molecule has 0 aromatic heterocycles. The first-order valence-electron chi connectivity index (χ1n) is 7.03. The van der Waals surface area contributed by atoms with Gasteiger partial charge in [-0.3, -0.25) is 4.79 Å². The molecule has 0 aliphatic carbocycles. The van der Waals surface area contributed by atoms with Crippen molar-refractivity contribution in [1.29, 1.82) is 0 Å². The van der Waals surface area contributed by atoms with Crippen molar-refractivity contribution < 1.29 is 9.53 Å². The van der Waals surface area contributed by atoms with Crippen LogP contribution in [0.1, 0.15) is 26.3 Å². The standard InChI is InChI=1S/C16H27N3O2/c1-16(2,3)14(17)15(20)18-12-9-11(10-19(4)5)7-8-13(12)21-6/h7-9,14H,10,17H2,1-6H3,(H,18,20)/t14-/m1/s1. The average molecular weight is 293 g/mol. The highest BCUT2D eigenvalue weighted by Gasteiger charge is 2.28. The van der Waals surface area contributed by atoms with Crippen molar-refractivity contribution in [3.05, 3.63) is 23.8 Å². The molecule has 1 amide bonds. The SMILES string of the molecule is COc1ccc(CN(C)C)cc1NC(=O)[C@@H](N)C(C)(C)C. The van der Waals surface area contributed by atoms with Gasteiger partial charge >= 0.3 is 0 Å². The van der Waals surface area contributed by atoms with Gasteiger partial charge in [-0.05, 0) is 37.2 Å². The summed E-state index contributed by atoms with van der Waals surface area (Å²) in [5, 5.41) is 2.87. The fourth-order valence-corrected chi connectivity index (χ4v) is 1.92. The van der Waals surface area contributed by atoms with Gasteiger partial charge in [0.15, 0.2) is 0 Å². The molecule has 0 unspecified atom stereocenters. The largest absolute Gasteiger partial charge is 0.495 e. The number of carbonyl (C=O) groups excluding carboxylic acids is 1. The van der Waals surface area contributed by atoms with Crippen molar-refractivity contribution in [2.45, 2.75) is 33.4 Å². The molecular formula is C16H27N3O2. The van der Waals surface area contributed by atoms with E-state index in [2.05, 4.69) is 10.2 Å². The number of amides is 1. The Bertz CT molecular complexity index is 493. The molecule has 0 fully saturated rings. The van der Waals surface area contributed by atoms with E-state index in [1.165, 1.54) is 0 Å². The van der Waals surface area contributed by atoms with Crippen molar-refractivity contribution in [2.24, 2.45) is 11.1 Å². The van der Waals surface area contributed by atoms with E-state index >= 15 is 0 Å². The molecule has 0 aliphatic heterocycles. The summed E-state index contributed by atoms with van der Waals surface area (Å²) in [6.07, 6.45) is 0. The summed E-state index contributed by atoms with van der Waals surface area (Å²) in [7, 11) is 5.58. The number of carbonyl (C=O) groups is 1. The Morgan fingerprint density at radius 1 is 1.38 bits per heavy atom. The minimum absolute atomic E-state index is 0.206. The maximum absolute atomic E-state index is 12.3. The lowest BCUT2D eigenvalue weighted by Gasteiger charge is -2.26. The number of benzene rings is 1. The van der Waals surface area contributed by atoms with E-state index in [-0.39, 0.29) is 11.3 Å². The van der Waals surface area contributed by atoms with E-state index in [9.17, 15) is 4.79 Å². The van der Waals surface area contributed by atoms with Gasteiger partial charge in [0.1, 0.15) is 5.75 Å². The zero-order valence-electron chi connectivity index (χ0n) is 13.9. The molecule has 118 valence electrons. The molecule has 0 saturated heterocycles. The summed E-state index contributed by atoms with van der Waals surface area (Å²) in [5.41, 5.74) is 7.45. The van der Waals surface area contributed by atoms with Gasteiger partial charge < -0.3 is 20.7 Å². The Kier molecular flexibility index (Phi) is 5.75. The number of hydrogen-bond acceptors (Lipinski definition) is 4. The van der Waals surface area contributed by atoms with Gasteiger partial charge in [0.25, 0.3) is 0 Å². The summed E-state index contributed by atoms with van der Waals surface area (Å²) < 4.78 is 5.30. The number of hydrogen-bond donors (Lipinski definition) is 2. The zero-order valence-corrected chi connectivity index (χ0v) is 13.9. The van der Waals surface area contributed by atoms with Crippen LogP contribution in [0.3, 0.4) is 0 Å². The molecule has 1 aromatic carbocycles. The van der Waals surface area contributed by atoms with Crippen LogP contribution in [0.5, 0.6) is 5.75 Å². The van der Waals surface area contributed by atoms with Crippen LogP contribution in [-0.4, -0.2) is 38.1 Å². The van der Waals surface area contributed by atoms with E-state index < -0.39 is 6.04 Å². The number of methoxy groups -OCH3 is 1. The van der Waals surface area contributed by atoms with Crippen molar-refractivity contribution in [2.75, 3.05) is 26.5 Å². The van der Waals surface area contributed by atoms with E-state index in [0.29, 0.717) is 11.4 Å². The minimum atomic E-state index is -0.584. The summed E-state index contributed by atoms with van der Waals surface area (Å²) in [6.45, 7) is 6.61. The Morgan fingerprint density at radius 3 is 2.48 bits per heavy atom. The molecule has 5 heteroatoms. The first-order valence-corrected chi connectivity index (χ1v) is 7.03. The van der Waals surface area contributed by atoms with Crippen LogP contribution in [-0.2, 0) is 11.3 Å². The Balaban J connectivity index is 2.97. The summed E-state index contributed by atoms with van der Waals surface area (Å²) in [4.78, 5) is 14.3. The molecule has 0 aliphatic rings. The van der Waals surface area contributed by atoms with Crippen LogP contribution >= 0.6 is 0 Å². The van der Waals surface area contributed by atoms with Gasteiger partial charge in [-0.1, -0.05) is 26.8 Å². The van der Waals surface area contributed by atoms with Gasteiger partial charge in [-0.25, -0.2) is 0 Å². The molecule has 0 heterocycles. The maximum Gasteiger partial charge on any atom is 0.241 e. The third kappa shape index (κ3) is 5.02. The Labute approximate surface area is 127 Å². The van der Waals surface area contributed by atoms with Crippen LogP contribution in [0.2, 0.25) is 0 Å². The van der Waals surface area contributed by atoms with Gasteiger partial charge in [0.2, 0.25) is 5.91 Å². The monoisotopic (exact) mass is 293 g/mol. The predicted molar refractivity (Wildman–Crippen MR) is 86.4 cm³/mol. The minimum Gasteiger partial charge on any atom is -0.495 e. The van der Waals surface area contributed by atoms with Crippen LogP contribution in [0.4, 0.5) is 5.69 Å². The highest BCUT2D eigenvalue weighted by molar-refractivity contribution is 5.96. The molecule has 5 nitrogen and oxygen atoms in total. The van der Waals surface area contributed by atoms with Crippen molar-refractivity contribution in [3.8, 4) is 5.75 Å². The topological polar surface area (TPSA) is 67.6 Å². The first-order chi connectivity index (χ1) is 9.65. The second-order valence-corrected chi connectivity index (χ2v) is 6.61. The fraction of sp³-hybridized carbons (Fsp3) is 0.562. The molecule has 0 saturated carbocycles. The smallest absolute Gasteiger partial charge is 0.241 e. The van der Waals surface area contributed by atoms with E-state index in [0.717, 1.165) is 12.1 Å². The highest BCUT2D eigenvalue weighted by atomic mass is 16.5. The molecule has 0 radical (unpaired) electrons.